The van der Waals surface area contributed by atoms with Crippen LogP contribution in [0.15, 0.2) is 29.2 Å². The van der Waals surface area contributed by atoms with Crippen LogP contribution in [-0.4, -0.2) is 21.9 Å². The molecule has 1 N–H and O–H groups in total. The van der Waals surface area contributed by atoms with Gasteiger partial charge in [0.2, 0.25) is 5.43 Å². The molecule has 0 fully saturated rings. The van der Waals surface area contributed by atoms with E-state index in [-0.39, 0.29) is 16.5 Å². The largest absolute Gasteiger partial charge is 0.358 e. The van der Waals surface area contributed by atoms with Crippen LogP contribution >= 0.6 is 11.8 Å². The molecule has 106 valence electrons. The molecule has 0 saturated carbocycles. The fraction of sp³-hybridized carbons (Fsp3) is 0.286. The third kappa shape index (κ3) is 2.67. The number of hydrogen-bond donors (Lipinski definition) is 1. The Morgan fingerprint density at radius 1 is 1.45 bits per heavy atom. The molecule has 0 aliphatic heterocycles. The molecule has 0 unspecified atom stereocenters. The van der Waals surface area contributed by atoms with Gasteiger partial charge in [-0.15, -0.1) is 0 Å². The number of nitrogens with one attached hydrogen (secondary N) is 1. The number of pyridine rings is 1. The fourth-order valence-corrected chi connectivity index (χ4v) is 2.11. The average Bonchev–Trinajstić information content (AvgIpc) is 2.45. The number of nitrogens with zero attached hydrogens (tertiary/aromatic N) is 1. The summed E-state index contributed by atoms with van der Waals surface area (Å²) in [6, 6.07) is 4.14. The molecule has 0 aliphatic rings. The summed E-state index contributed by atoms with van der Waals surface area (Å²) in [6.45, 7) is 2.33. The van der Waals surface area contributed by atoms with Gasteiger partial charge in [-0.2, -0.15) is 0 Å². The van der Waals surface area contributed by atoms with Gasteiger partial charge < -0.3 is 4.98 Å². The van der Waals surface area contributed by atoms with Crippen molar-refractivity contribution in [3.8, 4) is 0 Å². The molecular weight excluding hydrogens is 283 g/mol. The topological polar surface area (TPSA) is 53.2 Å². The Morgan fingerprint density at radius 2 is 2.20 bits per heavy atom. The molecule has 2 rings (SSSR count). The monoisotopic (exact) mass is 296 g/mol. The molecule has 0 atom stereocenters. The molecule has 1 aromatic carbocycles. The lowest BCUT2D eigenvalue weighted by atomic mass is 10.1. The SMILES string of the molecule is CCCCN(Cl)C(=O)c1c[nH]c2c(F)cccc2c1=O. The van der Waals surface area contributed by atoms with Crippen molar-refractivity contribution in [2.45, 2.75) is 19.8 Å². The number of carbonyl (C=O) groups excluding carboxylic acids is 1. The molecule has 0 radical (unpaired) electrons. The molecule has 0 aliphatic carbocycles. The van der Waals surface area contributed by atoms with Crippen LogP contribution in [0.3, 0.4) is 0 Å². The van der Waals surface area contributed by atoms with Gasteiger partial charge in [0, 0.05) is 29.9 Å². The van der Waals surface area contributed by atoms with Gasteiger partial charge in [-0.1, -0.05) is 19.4 Å². The zero-order valence-electron chi connectivity index (χ0n) is 11.0. The molecule has 1 heterocycles. The molecule has 4 nitrogen and oxygen atoms in total. The number of halogens is 2. The van der Waals surface area contributed by atoms with E-state index in [1.807, 2.05) is 6.92 Å². The maximum absolute atomic E-state index is 13.5. The van der Waals surface area contributed by atoms with Crippen molar-refractivity contribution in [2.75, 3.05) is 6.54 Å². The highest BCUT2D eigenvalue weighted by Gasteiger charge is 2.18. The van der Waals surface area contributed by atoms with Crippen molar-refractivity contribution < 1.29 is 9.18 Å². The first-order chi connectivity index (χ1) is 9.56. The molecule has 2 aromatic rings. The second-order valence-electron chi connectivity index (χ2n) is 4.44. The van der Waals surface area contributed by atoms with Crippen LogP contribution in [0.2, 0.25) is 0 Å². The summed E-state index contributed by atoms with van der Waals surface area (Å²) in [5.74, 6) is -1.11. The second-order valence-corrected chi connectivity index (χ2v) is 4.85. The Labute approximate surface area is 120 Å². The molecule has 6 heteroatoms. The zero-order chi connectivity index (χ0) is 14.7. The summed E-state index contributed by atoms with van der Waals surface area (Å²) in [7, 11) is 0. The van der Waals surface area contributed by atoms with Crippen LogP contribution in [-0.2, 0) is 0 Å². The van der Waals surface area contributed by atoms with Crippen LogP contribution in [0.4, 0.5) is 4.39 Å². The zero-order valence-corrected chi connectivity index (χ0v) is 11.7. The van der Waals surface area contributed by atoms with E-state index in [2.05, 4.69) is 4.98 Å². The summed E-state index contributed by atoms with van der Waals surface area (Å²) in [5, 5.41) is 0.136. The van der Waals surface area contributed by atoms with Crippen molar-refractivity contribution in [1.82, 2.24) is 9.40 Å². The minimum absolute atomic E-state index is 0.0868. The molecular formula is C14H14ClFN2O2. The first-order valence-corrected chi connectivity index (χ1v) is 6.67. The standard InChI is InChI=1S/C14H14ClFN2O2/c1-2-3-7-18(15)14(20)10-8-17-12-9(13(10)19)5-4-6-11(12)16/h4-6,8H,2-3,7H2,1H3,(H,17,19). The molecule has 20 heavy (non-hydrogen) atoms. The summed E-state index contributed by atoms with van der Waals surface area (Å²) in [4.78, 5) is 26.9. The Kier molecular flexibility index (Phi) is 4.39. The quantitative estimate of drug-likeness (QED) is 0.882. The van der Waals surface area contributed by atoms with E-state index < -0.39 is 17.2 Å². The number of benzene rings is 1. The number of fused-ring (bicyclic) bond motifs is 1. The van der Waals surface area contributed by atoms with Gasteiger partial charge in [-0.05, 0) is 18.6 Å². The second kappa shape index (κ2) is 6.05. The normalized spacial score (nSPS) is 10.8. The van der Waals surface area contributed by atoms with Gasteiger partial charge in [0.1, 0.15) is 11.4 Å². The number of para-hydroxylation sites is 1. The van der Waals surface area contributed by atoms with Crippen molar-refractivity contribution in [3.63, 3.8) is 0 Å². The summed E-state index contributed by atoms with van der Waals surface area (Å²) in [6.07, 6.45) is 2.84. The van der Waals surface area contributed by atoms with E-state index in [0.717, 1.165) is 17.3 Å². The maximum Gasteiger partial charge on any atom is 0.273 e. The van der Waals surface area contributed by atoms with Crippen molar-refractivity contribution in [3.05, 3.63) is 46.0 Å². The fourth-order valence-electron chi connectivity index (χ4n) is 1.90. The van der Waals surface area contributed by atoms with Crippen LogP contribution < -0.4 is 5.43 Å². The number of H-pyrrole nitrogens is 1. The first kappa shape index (κ1) is 14.5. The average molecular weight is 297 g/mol. The molecule has 1 aromatic heterocycles. The number of aromatic nitrogens is 1. The Hall–Kier alpha value is -1.88. The molecule has 0 spiro atoms. The third-order valence-corrected chi connectivity index (χ3v) is 3.35. The Morgan fingerprint density at radius 3 is 2.90 bits per heavy atom. The number of hydrogen-bond acceptors (Lipinski definition) is 2. The van der Waals surface area contributed by atoms with Gasteiger partial charge >= 0.3 is 0 Å². The first-order valence-electron chi connectivity index (χ1n) is 6.33. The lowest BCUT2D eigenvalue weighted by Crippen LogP contribution is -2.28. The highest BCUT2D eigenvalue weighted by Crippen LogP contribution is 2.13. The summed E-state index contributed by atoms with van der Waals surface area (Å²) in [5.41, 5.74) is -0.525. The number of rotatable bonds is 4. The lowest BCUT2D eigenvalue weighted by molar-refractivity contribution is 0.0861. The van der Waals surface area contributed by atoms with Gasteiger partial charge in [-0.3, -0.25) is 14.0 Å². The highest BCUT2D eigenvalue weighted by atomic mass is 35.5. The van der Waals surface area contributed by atoms with Gasteiger partial charge in [0.05, 0.1) is 5.52 Å². The number of carbonyl (C=O) groups is 1. The van der Waals surface area contributed by atoms with Crippen LogP contribution in [0, 0.1) is 5.82 Å². The van der Waals surface area contributed by atoms with Crippen LogP contribution in [0.25, 0.3) is 10.9 Å². The predicted octanol–water partition coefficient (Wildman–Crippen LogP) is 3.06. The number of amides is 1. The summed E-state index contributed by atoms with van der Waals surface area (Å²) >= 11 is 5.86. The number of aromatic amines is 1. The number of unbranched alkanes of at least 4 members (excludes halogenated alkanes) is 1. The minimum Gasteiger partial charge on any atom is -0.358 e. The van der Waals surface area contributed by atoms with Crippen molar-refractivity contribution in [2.24, 2.45) is 0 Å². The van der Waals surface area contributed by atoms with Crippen LogP contribution in [0.5, 0.6) is 0 Å². The van der Waals surface area contributed by atoms with Gasteiger partial charge in [0.15, 0.2) is 0 Å². The van der Waals surface area contributed by atoms with Gasteiger partial charge in [0.25, 0.3) is 5.91 Å². The van der Waals surface area contributed by atoms with Crippen LogP contribution in [0.1, 0.15) is 30.1 Å². The molecule has 1 amide bonds. The predicted molar refractivity (Wildman–Crippen MR) is 76.3 cm³/mol. The van der Waals surface area contributed by atoms with E-state index in [1.54, 1.807) is 0 Å². The maximum atomic E-state index is 13.5. The Bertz CT molecular complexity index is 699. The lowest BCUT2D eigenvalue weighted by Gasteiger charge is -2.13. The van der Waals surface area contributed by atoms with E-state index in [9.17, 15) is 14.0 Å². The van der Waals surface area contributed by atoms with Gasteiger partial charge in [-0.25, -0.2) is 4.39 Å². The third-order valence-electron chi connectivity index (χ3n) is 3.02. The molecule has 0 bridgehead atoms. The highest BCUT2D eigenvalue weighted by molar-refractivity contribution is 6.24. The van der Waals surface area contributed by atoms with E-state index >= 15 is 0 Å². The Balaban J connectivity index is 2.44. The van der Waals surface area contributed by atoms with Crippen molar-refractivity contribution in [1.29, 1.82) is 0 Å². The van der Waals surface area contributed by atoms with E-state index in [4.69, 9.17) is 11.8 Å². The molecule has 0 saturated heterocycles. The smallest absolute Gasteiger partial charge is 0.273 e. The van der Waals surface area contributed by atoms with E-state index in [1.165, 1.54) is 24.4 Å². The minimum atomic E-state index is -0.576. The van der Waals surface area contributed by atoms with Crippen molar-refractivity contribution >= 4 is 28.6 Å². The summed E-state index contributed by atoms with van der Waals surface area (Å²) < 4.78 is 14.5. The van der Waals surface area contributed by atoms with E-state index in [0.29, 0.717) is 6.54 Å².